The minimum atomic E-state index is 0.0177. The Morgan fingerprint density at radius 3 is 1.19 bits per heavy atom. The van der Waals surface area contributed by atoms with Gasteiger partial charge in [-0.3, -0.25) is 0 Å². The average molecular weight is 815 g/mol. The summed E-state index contributed by atoms with van der Waals surface area (Å²) in [7, 11) is 0. The van der Waals surface area contributed by atoms with Crippen LogP contribution in [0.25, 0.3) is 55.0 Å². The molecule has 0 amide bonds. The largest absolute Gasteiger partial charge is 0.311 e. The molecule has 0 radical (unpaired) electrons. The molecule has 9 aromatic carbocycles. The molecule has 0 unspecified atom stereocenters. The number of fused-ring (bicyclic) bond motifs is 14. The van der Waals surface area contributed by atoms with Gasteiger partial charge in [0.05, 0.1) is 11.0 Å². The van der Waals surface area contributed by atoms with E-state index in [1.165, 1.54) is 133 Å². The highest BCUT2D eigenvalue weighted by molar-refractivity contribution is 7.03. The number of benzene rings is 9. The summed E-state index contributed by atoms with van der Waals surface area (Å²) in [5, 5.41) is 5.31. The summed E-state index contributed by atoms with van der Waals surface area (Å²) in [6.45, 7) is 9.04. The van der Waals surface area contributed by atoms with Gasteiger partial charge in [0.25, 0.3) is 13.4 Å². The third-order valence-corrected chi connectivity index (χ3v) is 15.0. The first-order valence-corrected chi connectivity index (χ1v) is 22.7. The second-order valence-electron chi connectivity index (χ2n) is 18.8. The number of para-hydroxylation sites is 2. The lowest BCUT2D eigenvalue weighted by Gasteiger charge is -2.44. The monoisotopic (exact) mass is 814 g/mol. The fraction of sp³-hybridized carbons (Fsp3) is 0.0690. The molecule has 2 aromatic heterocycles. The summed E-state index contributed by atoms with van der Waals surface area (Å²) in [4.78, 5) is 5.11. The minimum absolute atomic E-state index is 0.0177. The third-order valence-electron chi connectivity index (χ3n) is 15.0. The Kier molecular flexibility index (Phi) is 6.57. The number of hydrogen-bond donors (Lipinski definition) is 0. The fourth-order valence-electron chi connectivity index (χ4n) is 12.7. The van der Waals surface area contributed by atoms with Gasteiger partial charge in [0.2, 0.25) is 0 Å². The second kappa shape index (κ2) is 12.1. The van der Waals surface area contributed by atoms with Crippen molar-refractivity contribution in [2.24, 2.45) is 0 Å². The zero-order valence-electron chi connectivity index (χ0n) is 36.1. The SMILES string of the molecule is Cc1ccc2c(c1)c1cc(C)cc3c1n2-c1cccc2c1B3c1cc3c(cc1N2c1ccccc1)N(c1ccccc1)c1cccc2c1B3c1cc(C)cc3c4cc(C)ccc4n-2c13. The smallest absolute Gasteiger partial charge is 0.252 e. The van der Waals surface area contributed by atoms with Crippen LogP contribution in [0.1, 0.15) is 22.3 Å². The maximum Gasteiger partial charge on any atom is 0.252 e. The number of aryl methyl sites for hydroxylation is 4. The van der Waals surface area contributed by atoms with E-state index in [-0.39, 0.29) is 13.4 Å². The molecule has 4 nitrogen and oxygen atoms in total. The number of anilines is 6. The van der Waals surface area contributed by atoms with Crippen molar-refractivity contribution < 1.29 is 0 Å². The van der Waals surface area contributed by atoms with E-state index in [1.807, 2.05) is 0 Å². The Bertz CT molecular complexity index is 3670. The van der Waals surface area contributed by atoms with E-state index in [0.29, 0.717) is 0 Å². The summed E-state index contributed by atoms with van der Waals surface area (Å²) >= 11 is 0. The highest BCUT2D eigenvalue weighted by Gasteiger charge is 2.47. The standard InChI is InChI=1S/C58H40B2N4/c1-33-21-23-47-39(25-33)41-27-35(3)29-45-57(41)63(47)51-19-11-17-49-55(51)59(45)43-31-44-54(32-53(43)61(49)37-13-7-5-8-14-37)62(38-15-9-6-10-16-38)50-18-12-20-52-56(50)60(44)46-30-36(4)28-42-40-26-34(2)22-24-48(40)64(52)58(42)46/h5-32H,1-4H3. The van der Waals surface area contributed by atoms with Gasteiger partial charge in [-0.2, -0.15) is 0 Å². The lowest BCUT2D eigenvalue weighted by atomic mass is 9.30. The normalized spacial score (nSPS) is 13.8. The molecule has 0 atom stereocenters. The van der Waals surface area contributed by atoms with Crippen molar-refractivity contribution >= 4 is 124 Å². The number of aromatic nitrogens is 2. The van der Waals surface area contributed by atoms with E-state index >= 15 is 0 Å². The summed E-state index contributed by atoms with van der Waals surface area (Å²) in [5.74, 6) is 0. The Labute approximate surface area is 372 Å². The molecule has 0 saturated carbocycles. The Hall–Kier alpha value is -7.69. The van der Waals surface area contributed by atoms with Crippen LogP contribution in [0.2, 0.25) is 0 Å². The lowest BCUT2D eigenvalue weighted by Crippen LogP contribution is -2.64. The third kappa shape index (κ3) is 4.26. The van der Waals surface area contributed by atoms with Gasteiger partial charge < -0.3 is 18.9 Å². The van der Waals surface area contributed by atoms with Crippen LogP contribution in [-0.4, -0.2) is 22.6 Å². The lowest BCUT2D eigenvalue weighted by molar-refractivity contribution is 1.17. The van der Waals surface area contributed by atoms with Crippen molar-refractivity contribution in [1.82, 2.24) is 9.13 Å². The van der Waals surface area contributed by atoms with Crippen LogP contribution < -0.4 is 42.6 Å². The minimum Gasteiger partial charge on any atom is -0.311 e. The summed E-state index contributed by atoms with van der Waals surface area (Å²) < 4.78 is 5.15. The van der Waals surface area contributed by atoms with E-state index in [2.05, 4.69) is 216 Å². The number of hydrogen-bond acceptors (Lipinski definition) is 2. The van der Waals surface area contributed by atoms with Crippen LogP contribution in [0.4, 0.5) is 34.1 Å². The number of rotatable bonds is 2. The Balaban J connectivity index is 1.11. The summed E-state index contributed by atoms with van der Waals surface area (Å²) in [5.41, 5.74) is 28.3. The van der Waals surface area contributed by atoms with Crippen molar-refractivity contribution in [3.63, 3.8) is 0 Å². The number of nitrogens with zero attached hydrogens (tertiary/aromatic N) is 4. The molecule has 4 aliphatic heterocycles. The first-order valence-electron chi connectivity index (χ1n) is 22.7. The van der Waals surface area contributed by atoms with Crippen LogP contribution in [-0.2, 0) is 0 Å². The first-order chi connectivity index (χ1) is 31.4. The van der Waals surface area contributed by atoms with Gasteiger partial charge >= 0.3 is 0 Å². The van der Waals surface area contributed by atoms with Gasteiger partial charge in [0, 0.05) is 78.1 Å². The molecule has 0 saturated heterocycles. The van der Waals surface area contributed by atoms with E-state index in [4.69, 9.17) is 0 Å². The molecule has 4 aliphatic rings. The van der Waals surface area contributed by atoms with E-state index < -0.39 is 0 Å². The molecule has 11 aromatic rings. The van der Waals surface area contributed by atoms with E-state index in [1.54, 1.807) is 0 Å². The molecular weight excluding hydrogens is 774 g/mol. The molecular formula is C58H40B2N4. The second-order valence-corrected chi connectivity index (χ2v) is 18.8. The molecule has 6 heteroatoms. The molecule has 0 fully saturated rings. The fourth-order valence-corrected chi connectivity index (χ4v) is 12.7. The van der Waals surface area contributed by atoms with Crippen LogP contribution in [0.15, 0.2) is 170 Å². The van der Waals surface area contributed by atoms with Crippen molar-refractivity contribution in [3.8, 4) is 11.4 Å². The highest BCUT2D eigenvalue weighted by atomic mass is 15.2. The molecule has 0 bridgehead atoms. The van der Waals surface area contributed by atoms with Crippen molar-refractivity contribution in [2.45, 2.75) is 27.7 Å². The molecule has 6 heterocycles. The van der Waals surface area contributed by atoms with Crippen LogP contribution in [0, 0.1) is 27.7 Å². The Morgan fingerprint density at radius 1 is 0.312 bits per heavy atom. The van der Waals surface area contributed by atoms with Crippen molar-refractivity contribution in [3.05, 3.63) is 192 Å². The Morgan fingerprint density at radius 2 is 0.734 bits per heavy atom. The molecule has 0 N–H and O–H groups in total. The average Bonchev–Trinajstić information content (AvgIpc) is 3.81. The van der Waals surface area contributed by atoms with Gasteiger partial charge in [-0.05, 0) is 151 Å². The van der Waals surface area contributed by atoms with Gasteiger partial charge in [0.1, 0.15) is 0 Å². The van der Waals surface area contributed by atoms with Gasteiger partial charge in [-0.1, -0.05) is 101 Å². The molecule has 0 spiro atoms. The maximum atomic E-state index is 2.65. The molecule has 15 rings (SSSR count). The zero-order valence-corrected chi connectivity index (χ0v) is 36.1. The highest BCUT2D eigenvalue weighted by Crippen LogP contribution is 2.46. The van der Waals surface area contributed by atoms with Gasteiger partial charge in [-0.15, -0.1) is 0 Å². The quantitative estimate of drug-likeness (QED) is 0.162. The van der Waals surface area contributed by atoms with E-state index in [9.17, 15) is 0 Å². The molecule has 64 heavy (non-hydrogen) atoms. The van der Waals surface area contributed by atoms with Crippen molar-refractivity contribution in [1.29, 1.82) is 0 Å². The van der Waals surface area contributed by atoms with Crippen LogP contribution in [0.3, 0.4) is 0 Å². The van der Waals surface area contributed by atoms with Crippen LogP contribution in [0.5, 0.6) is 0 Å². The van der Waals surface area contributed by atoms with Crippen molar-refractivity contribution in [2.75, 3.05) is 9.80 Å². The summed E-state index contributed by atoms with van der Waals surface area (Å²) in [6.07, 6.45) is 0. The zero-order chi connectivity index (χ0) is 42.3. The van der Waals surface area contributed by atoms with E-state index in [0.717, 1.165) is 11.4 Å². The van der Waals surface area contributed by atoms with Gasteiger partial charge in [-0.25, -0.2) is 0 Å². The predicted molar refractivity (Wildman–Crippen MR) is 273 cm³/mol. The van der Waals surface area contributed by atoms with Crippen LogP contribution >= 0.6 is 0 Å². The maximum absolute atomic E-state index is 2.65. The first kappa shape index (κ1) is 34.8. The topological polar surface area (TPSA) is 16.3 Å². The molecule has 0 aliphatic carbocycles. The molecule has 298 valence electrons. The summed E-state index contributed by atoms with van der Waals surface area (Å²) in [6, 6.07) is 65.1. The van der Waals surface area contributed by atoms with Gasteiger partial charge in [0.15, 0.2) is 0 Å². The predicted octanol–water partition coefficient (Wildman–Crippen LogP) is 10.3.